The maximum atomic E-state index is 13.5. The van der Waals surface area contributed by atoms with Gasteiger partial charge in [0.25, 0.3) is 0 Å². The smallest absolute Gasteiger partial charge is 0.338 e. The number of carbonyl (C=O) groups excluding carboxylic acids is 2. The molecule has 3 nitrogen and oxygen atoms in total. The monoisotopic (exact) mass is 284 g/mol. The average Bonchev–Trinajstić information content (AvgIpc) is 2.52. The molecule has 106 valence electrons. The van der Waals surface area contributed by atoms with Crippen molar-refractivity contribution in [2.24, 2.45) is 0 Å². The fraction of sp³-hybridized carbons (Fsp3) is 0.0588. The second-order valence-electron chi connectivity index (χ2n) is 4.26. The highest BCUT2D eigenvalue weighted by molar-refractivity contribution is 6.07. The summed E-state index contributed by atoms with van der Waals surface area (Å²) in [6, 6.07) is 12.4. The number of hydrogen-bond donors (Lipinski definition) is 0. The third-order valence-electron chi connectivity index (χ3n) is 2.92. The predicted octanol–water partition coefficient (Wildman–Crippen LogP) is 3.51. The zero-order valence-corrected chi connectivity index (χ0v) is 11.4. The molecule has 0 radical (unpaired) electrons. The number of ketones is 1. The molecular weight excluding hydrogens is 271 g/mol. The SMILES string of the molecule is COC(=O)c1ccccc1/C=C/C(=O)c1ccccc1F. The van der Waals surface area contributed by atoms with Crippen molar-refractivity contribution in [1.82, 2.24) is 0 Å². The van der Waals surface area contributed by atoms with E-state index in [1.54, 1.807) is 30.3 Å². The Morgan fingerprint density at radius 2 is 1.62 bits per heavy atom. The van der Waals surface area contributed by atoms with Gasteiger partial charge < -0.3 is 4.74 Å². The minimum absolute atomic E-state index is 0.00991. The second-order valence-corrected chi connectivity index (χ2v) is 4.26. The van der Waals surface area contributed by atoms with Gasteiger partial charge in [-0.25, -0.2) is 9.18 Å². The molecule has 0 amide bonds. The maximum Gasteiger partial charge on any atom is 0.338 e. The van der Waals surface area contributed by atoms with Crippen LogP contribution in [0.5, 0.6) is 0 Å². The average molecular weight is 284 g/mol. The molecule has 0 aromatic heterocycles. The maximum absolute atomic E-state index is 13.5. The molecule has 0 aliphatic heterocycles. The highest BCUT2D eigenvalue weighted by Crippen LogP contribution is 2.14. The van der Waals surface area contributed by atoms with Crippen molar-refractivity contribution in [2.45, 2.75) is 0 Å². The predicted molar refractivity (Wildman–Crippen MR) is 77.5 cm³/mol. The number of ether oxygens (including phenoxy) is 1. The number of rotatable bonds is 4. The van der Waals surface area contributed by atoms with Gasteiger partial charge in [0.2, 0.25) is 0 Å². The van der Waals surface area contributed by atoms with E-state index in [4.69, 9.17) is 0 Å². The van der Waals surface area contributed by atoms with Crippen LogP contribution in [0.1, 0.15) is 26.3 Å². The lowest BCUT2D eigenvalue weighted by Crippen LogP contribution is -2.03. The summed E-state index contributed by atoms with van der Waals surface area (Å²) >= 11 is 0. The van der Waals surface area contributed by atoms with Crippen LogP contribution in [-0.2, 0) is 4.74 Å². The first kappa shape index (κ1) is 14.7. The van der Waals surface area contributed by atoms with Crippen LogP contribution in [0.15, 0.2) is 54.6 Å². The van der Waals surface area contributed by atoms with Crippen LogP contribution in [0.4, 0.5) is 4.39 Å². The van der Waals surface area contributed by atoms with E-state index in [2.05, 4.69) is 4.74 Å². The summed E-state index contributed by atoms with van der Waals surface area (Å²) in [6.45, 7) is 0. The first-order chi connectivity index (χ1) is 10.1. The lowest BCUT2D eigenvalue weighted by Gasteiger charge is -2.03. The summed E-state index contributed by atoms with van der Waals surface area (Å²) < 4.78 is 18.2. The number of halogens is 1. The van der Waals surface area contributed by atoms with Gasteiger partial charge in [-0.1, -0.05) is 36.4 Å². The van der Waals surface area contributed by atoms with Gasteiger partial charge in [0.15, 0.2) is 5.78 Å². The molecule has 2 rings (SSSR count). The number of benzene rings is 2. The molecule has 0 saturated carbocycles. The van der Waals surface area contributed by atoms with Gasteiger partial charge >= 0.3 is 5.97 Å². The van der Waals surface area contributed by atoms with Crippen molar-refractivity contribution in [3.8, 4) is 0 Å². The zero-order valence-electron chi connectivity index (χ0n) is 11.4. The van der Waals surface area contributed by atoms with Gasteiger partial charge in [-0.15, -0.1) is 0 Å². The van der Waals surface area contributed by atoms with Gasteiger partial charge in [-0.2, -0.15) is 0 Å². The molecule has 0 bridgehead atoms. The zero-order chi connectivity index (χ0) is 15.2. The van der Waals surface area contributed by atoms with E-state index in [0.29, 0.717) is 11.1 Å². The van der Waals surface area contributed by atoms with E-state index in [9.17, 15) is 14.0 Å². The van der Waals surface area contributed by atoms with Crippen LogP contribution >= 0.6 is 0 Å². The van der Waals surface area contributed by atoms with E-state index in [1.807, 2.05) is 0 Å². The van der Waals surface area contributed by atoms with Crippen molar-refractivity contribution in [2.75, 3.05) is 7.11 Å². The van der Waals surface area contributed by atoms with E-state index in [1.165, 1.54) is 37.5 Å². The Kier molecular flexibility index (Phi) is 4.61. The van der Waals surface area contributed by atoms with Crippen molar-refractivity contribution >= 4 is 17.8 Å². The Morgan fingerprint density at radius 3 is 2.29 bits per heavy atom. The molecule has 0 aliphatic rings. The standard InChI is InChI=1S/C17H13FO3/c1-21-17(20)13-7-3-2-6-12(13)10-11-16(19)14-8-4-5-9-15(14)18/h2-11H,1H3/b11-10+. The number of methoxy groups -OCH3 is 1. The quantitative estimate of drug-likeness (QED) is 0.490. The fourth-order valence-corrected chi connectivity index (χ4v) is 1.85. The van der Waals surface area contributed by atoms with Crippen LogP contribution in [-0.4, -0.2) is 18.9 Å². The molecule has 0 spiro atoms. The molecule has 0 aliphatic carbocycles. The first-order valence-electron chi connectivity index (χ1n) is 6.27. The van der Waals surface area contributed by atoms with Gasteiger partial charge in [-0.3, -0.25) is 4.79 Å². The largest absolute Gasteiger partial charge is 0.465 e. The molecule has 0 heterocycles. The Labute approximate surface area is 121 Å². The van der Waals surface area contributed by atoms with Gasteiger partial charge in [-0.05, 0) is 29.8 Å². The van der Waals surface area contributed by atoms with Crippen LogP contribution in [0.25, 0.3) is 6.08 Å². The van der Waals surface area contributed by atoms with Crippen molar-refractivity contribution in [1.29, 1.82) is 0 Å². The minimum Gasteiger partial charge on any atom is -0.465 e. The summed E-state index contributed by atoms with van der Waals surface area (Å²) in [6.07, 6.45) is 2.71. The number of allylic oxidation sites excluding steroid dienone is 1. The van der Waals surface area contributed by atoms with Gasteiger partial charge in [0.05, 0.1) is 18.2 Å². The van der Waals surface area contributed by atoms with Crippen LogP contribution in [0.3, 0.4) is 0 Å². The molecule has 0 N–H and O–H groups in total. The summed E-state index contributed by atoms with van der Waals surface area (Å²) in [5.74, 6) is -1.53. The summed E-state index contributed by atoms with van der Waals surface area (Å²) in [5, 5.41) is 0. The van der Waals surface area contributed by atoms with E-state index in [-0.39, 0.29) is 5.56 Å². The highest BCUT2D eigenvalue weighted by Gasteiger charge is 2.10. The fourth-order valence-electron chi connectivity index (χ4n) is 1.85. The molecule has 2 aromatic rings. The first-order valence-corrected chi connectivity index (χ1v) is 6.27. The lowest BCUT2D eigenvalue weighted by atomic mass is 10.0. The Hall–Kier alpha value is -2.75. The Balaban J connectivity index is 2.28. The van der Waals surface area contributed by atoms with Crippen molar-refractivity contribution < 1.29 is 18.7 Å². The number of esters is 1. The summed E-state index contributed by atoms with van der Waals surface area (Å²) in [4.78, 5) is 23.5. The molecular formula is C17H13FO3. The van der Waals surface area contributed by atoms with Crippen LogP contribution < -0.4 is 0 Å². The van der Waals surface area contributed by atoms with E-state index < -0.39 is 17.6 Å². The number of carbonyl (C=O) groups is 2. The van der Waals surface area contributed by atoms with Crippen LogP contribution in [0, 0.1) is 5.82 Å². The lowest BCUT2D eigenvalue weighted by molar-refractivity contribution is 0.0600. The van der Waals surface area contributed by atoms with Crippen LogP contribution in [0.2, 0.25) is 0 Å². The molecule has 0 saturated heterocycles. The summed E-state index contributed by atoms with van der Waals surface area (Å²) in [7, 11) is 1.29. The molecule has 21 heavy (non-hydrogen) atoms. The Bertz CT molecular complexity index is 705. The minimum atomic E-state index is -0.576. The molecule has 4 heteroatoms. The molecule has 0 atom stereocenters. The van der Waals surface area contributed by atoms with Crippen molar-refractivity contribution in [3.05, 3.63) is 77.1 Å². The van der Waals surface area contributed by atoms with Gasteiger partial charge in [0.1, 0.15) is 5.82 Å². The van der Waals surface area contributed by atoms with Crippen molar-refractivity contribution in [3.63, 3.8) is 0 Å². The van der Waals surface area contributed by atoms with E-state index in [0.717, 1.165) is 0 Å². The van der Waals surface area contributed by atoms with Gasteiger partial charge in [0, 0.05) is 0 Å². The summed E-state index contributed by atoms with van der Waals surface area (Å²) in [5.41, 5.74) is 0.871. The topological polar surface area (TPSA) is 43.4 Å². The molecule has 2 aromatic carbocycles. The third kappa shape index (κ3) is 3.42. The van der Waals surface area contributed by atoms with E-state index >= 15 is 0 Å². The third-order valence-corrected chi connectivity index (χ3v) is 2.92. The molecule has 0 unspecified atom stereocenters. The Morgan fingerprint density at radius 1 is 1.00 bits per heavy atom. The second kappa shape index (κ2) is 6.61. The normalized spacial score (nSPS) is 10.6. The molecule has 0 fully saturated rings. The number of hydrogen-bond acceptors (Lipinski definition) is 3. The highest BCUT2D eigenvalue weighted by atomic mass is 19.1.